The quantitative estimate of drug-likeness (QED) is 0.737. The summed E-state index contributed by atoms with van der Waals surface area (Å²) in [5.74, 6) is 0.711. The fourth-order valence-electron chi connectivity index (χ4n) is 2.81. The van der Waals surface area contributed by atoms with Crippen molar-refractivity contribution in [3.05, 3.63) is 45.1 Å². The Morgan fingerprint density at radius 1 is 1.19 bits per heavy atom. The lowest BCUT2D eigenvalue weighted by molar-refractivity contribution is -0.124. The molecule has 0 saturated heterocycles. The van der Waals surface area contributed by atoms with Gasteiger partial charge in [0, 0.05) is 11.4 Å². The highest BCUT2D eigenvalue weighted by Crippen LogP contribution is 2.30. The Labute approximate surface area is 162 Å². The minimum Gasteiger partial charge on any atom is -0.486 e. The third kappa shape index (κ3) is 5.01. The van der Waals surface area contributed by atoms with Gasteiger partial charge in [-0.2, -0.15) is 0 Å². The van der Waals surface area contributed by atoms with Crippen molar-refractivity contribution in [1.82, 2.24) is 5.32 Å². The van der Waals surface area contributed by atoms with Crippen LogP contribution in [0, 0.1) is 6.92 Å². The van der Waals surface area contributed by atoms with Crippen molar-refractivity contribution in [3.63, 3.8) is 0 Å². The summed E-state index contributed by atoms with van der Waals surface area (Å²) in [5.41, 5.74) is 2.12. The van der Waals surface area contributed by atoms with Crippen molar-refractivity contribution in [2.75, 3.05) is 26.4 Å². The number of aryl methyl sites for hydroxylation is 2. The number of nitrogens with one attached hydrogen (secondary N) is 1. The highest BCUT2D eigenvalue weighted by atomic mass is 32.1. The number of amides is 1. The van der Waals surface area contributed by atoms with E-state index < -0.39 is 5.97 Å². The van der Waals surface area contributed by atoms with E-state index >= 15 is 0 Å². The summed E-state index contributed by atoms with van der Waals surface area (Å²) in [4.78, 5) is 25.6. The predicted octanol–water partition coefficient (Wildman–Crippen LogP) is 2.91. The molecule has 3 rings (SSSR count). The smallest absolute Gasteiger partial charge is 0.348 e. The molecule has 0 unspecified atom stereocenters. The van der Waals surface area contributed by atoms with Crippen LogP contribution in [0.1, 0.15) is 32.6 Å². The molecule has 1 aliphatic rings. The van der Waals surface area contributed by atoms with Gasteiger partial charge in [-0.1, -0.05) is 13.0 Å². The van der Waals surface area contributed by atoms with E-state index in [-0.39, 0.29) is 12.5 Å². The van der Waals surface area contributed by atoms with E-state index in [9.17, 15) is 9.59 Å². The van der Waals surface area contributed by atoms with E-state index in [1.54, 1.807) is 0 Å². The van der Waals surface area contributed by atoms with Crippen molar-refractivity contribution in [3.8, 4) is 11.5 Å². The average Bonchev–Trinajstić information content (AvgIpc) is 3.07. The van der Waals surface area contributed by atoms with Crippen LogP contribution in [0.4, 0.5) is 0 Å². The lowest BCUT2D eigenvalue weighted by Crippen LogP contribution is -2.30. The van der Waals surface area contributed by atoms with Crippen LogP contribution in [0.5, 0.6) is 11.5 Å². The minimum absolute atomic E-state index is 0.279. The largest absolute Gasteiger partial charge is 0.486 e. The van der Waals surface area contributed by atoms with Crippen molar-refractivity contribution < 1.29 is 23.8 Å². The van der Waals surface area contributed by atoms with Crippen LogP contribution in [0.3, 0.4) is 0 Å². The van der Waals surface area contributed by atoms with Gasteiger partial charge in [0.1, 0.15) is 18.1 Å². The number of esters is 1. The topological polar surface area (TPSA) is 73.9 Å². The Kier molecular flexibility index (Phi) is 6.34. The van der Waals surface area contributed by atoms with E-state index in [0.29, 0.717) is 31.1 Å². The van der Waals surface area contributed by atoms with Crippen molar-refractivity contribution >= 4 is 23.2 Å². The molecule has 0 spiro atoms. The zero-order chi connectivity index (χ0) is 19.2. The van der Waals surface area contributed by atoms with Crippen LogP contribution in [-0.4, -0.2) is 38.2 Å². The maximum atomic E-state index is 12.0. The second kappa shape index (κ2) is 8.90. The van der Waals surface area contributed by atoms with E-state index in [0.717, 1.165) is 33.9 Å². The third-order valence-corrected chi connectivity index (χ3v) is 5.58. The van der Waals surface area contributed by atoms with Gasteiger partial charge in [0.25, 0.3) is 5.91 Å². The number of carbonyl (C=O) groups excluding carboxylic acids is 2. The van der Waals surface area contributed by atoms with Crippen molar-refractivity contribution in [2.45, 2.75) is 26.7 Å². The molecule has 0 bridgehead atoms. The molecule has 27 heavy (non-hydrogen) atoms. The summed E-state index contributed by atoms with van der Waals surface area (Å²) in [7, 11) is 0. The van der Waals surface area contributed by atoms with Gasteiger partial charge in [0.05, 0.1) is 0 Å². The van der Waals surface area contributed by atoms with Gasteiger partial charge in [-0.15, -0.1) is 11.3 Å². The summed E-state index contributed by atoms with van der Waals surface area (Å²) in [5, 5.41) is 2.76. The van der Waals surface area contributed by atoms with E-state index in [4.69, 9.17) is 14.2 Å². The highest BCUT2D eigenvalue weighted by Gasteiger charge is 2.15. The summed E-state index contributed by atoms with van der Waals surface area (Å²) >= 11 is 1.42. The van der Waals surface area contributed by atoms with Gasteiger partial charge in [-0.25, -0.2) is 4.79 Å². The normalized spacial score (nSPS) is 12.5. The number of fused-ring (bicyclic) bond motifs is 1. The first-order valence-electron chi connectivity index (χ1n) is 8.98. The second-order valence-corrected chi connectivity index (χ2v) is 7.36. The van der Waals surface area contributed by atoms with Crippen LogP contribution in [0.15, 0.2) is 24.3 Å². The first-order valence-corrected chi connectivity index (χ1v) is 9.80. The molecule has 2 aromatic rings. The molecule has 1 aromatic carbocycles. The molecule has 1 amide bonds. The van der Waals surface area contributed by atoms with Gasteiger partial charge in [0.15, 0.2) is 18.1 Å². The summed E-state index contributed by atoms with van der Waals surface area (Å²) in [6.45, 7) is 5.29. The monoisotopic (exact) mass is 389 g/mol. The Balaban J connectivity index is 1.41. The Morgan fingerprint density at radius 2 is 1.96 bits per heavy atom. The van der Waals surface area contributed by atoms with Crippen LogP contribution in [0.25, 0.3) is 0 Å². The van der Waals surface area contributed by atoms with Gasteiger partial charge in [-0.05, 0) is 49.1 Å². The van der Waals surface area contributed by atoms with E-state index in [2.05, 4.69) is 5.32 Å². The summed E-state index contributed by atoms with van der Waals surface area (Å²) < 4.78 is 16.1. The molecule has 0 saturated carbocycles. The first-order chi connectivity index (χ1) is 13.1. The standard InChI is InChI=1S/C20H23NO5S/c1-3-17-13(2)10-18(27-17)20(23)26-12-19(22)21-7-6-14-4-5-15-16(11-14)25-9-8-24-15/h4-5,10-11H,3,6-9,12H2,1-2H3,(H,21,22). The first kappa shape index (κ1) is 19.2. The number of benzene rings is 1. The van der Waals surface area contributed by atoms with Crippen molar-refractivity contribution in [2.24, 2.45) is 0 Å². The molecule has 0 atom stereocenters. The SMILES string of the molecule is CCc1sc(C(=O)OCC(=O)NCCc2ccc3c(c2)OCCO3)cc1C. The zero-order valence-electron chi connectivity index (χ0n) is 15.5. The fraction of sp³-hybridized carbons (Fsp3) is 0.400. The lowest BCUT2D eigenvalue weighted by atomic mass is 10.1. The van der Waals surface area contributed by atoms with Gasteiger partial charge in [-0.3, -0.25) is 4.79 Å². The van der Waals surface area contributed by atoms with E-state index in [1.165, 1.54) is 11.3 Å². The summed E-state index contributed by atoms with van der Waals surface area (Å²) in [6, 6.07) is 7.56. The lowest BCUT2D eigenvalue weighted by Gasteiger charge is -2.18. The molecule has 0 aliphatic carbocycles. The Hall–Kier alpha value is -2.54. The molecule has 144 valence electrons. The zero-order valence-corrected chi connectivity index (χ0v) is 16.3. The van der Waals surface area contributed by atoms with Crippen LogP contribution in [-0.2, 0) is 22.4 Å². The molecule has 7 heteroatoms. The van der Waals surface area contributed by atoms with Crippen LogP contribution >= 0.6 is 11.3 Å². The average molecular weight is 389 g/mol. The molecular formula is C20H23NO5S. The maximum Gasteiger partial charge on any atom is 0.348 e. The van der Waals surface area contributed by atoms with Crippen LogP contribution in [0.2, 0.25) is 0 Å². The molecule has 1 aliphatic heterocycles. The predicted molar refractivity (Wildman–Crippen MR) is 103 cm³/mol. The molecule has 1 N–H and O–H groups in total. The number of carbonyl (C=O) groups is 2. The van der Waals surface area contributed by atoms with Crippen molar-refractivity contribution in [1.29, 1.82) is 0 Å². The Bertz CT molecular complexity index is 830. The maximum absolute atomic E-state index is 12.0. The van der Waals surface area contributed by atoms with Crippen LogP contribution < -0.4 is 14.8 Å². The summed E-state index contributed by atoms with van der Waals surface area (Å²) in [6.07, 6.45) is 1.53. The number of hydrogen-bond acceptors (Lipinski definition) is 6. The third-order valence-electron chi connectivity index (χ3n) is 4.22. The molecule has 6 nitrogen and oxygen atoms in total. The van der Waals surface area contributed by atoms with Gasteiger partial charge in [0.2, 0.25) is 0 Å². The fourth-order valence-corrected chi connectivity index (χ4v) is 3.82. The number of hydrogen-bond donors (Lipinski definition) is 1. The van der Waals surface area contributed by atoms with E-state index in [1.807, 2.05) is 38.1 Å². The molecule has 0 radical (unpaired) electrons. The molecule has 2 heterocycles. The number of thiophene rings is 1. The highest BCUT2D eigenvalue weighted by molar-refractivity contribution is 7.14. The molecule has 0 fully saturated rings. The minimum atomic E-state index is -0.454. The van der Waals surface area contributed by atoms with Gasteiger partial charge < -0.3 is 19.5 Å². The van der Waals surface area contributed by atoms with Gasteiger partial charge >= 0.3 is 5.97 Å². The molecular weight excluding hydrogens is 366 g/mol. The Morgan fingerprint density at radius 3 is 2.70 bits per heavy atom. The number of rotatable bonds is 7. The number of ether oxygens (including phenoxy) is 3. The second-order valence-electron chi connectivity index (χ2n) is 6.22. The molecule has 1 aromatic heterocycles.